The maximum absolute atomic E-state index is 11.4. The molecular weight excluding hydrogens is 258 g/mol. The molecule has 74 valence electrons. The number of hydrogen-bond acceptors (Lipinski definition) is 3. The van der Waals surface area contributed by atoms with Gasteiger partial charge in [0.2, 0.25) is 0 Å². The summed E-state index contributed by atoms with van der Waals surface area (Å²) in [5.41, 5.74) is 0. The summed E-state index contributed by atoms with van der Waals surface area (Å²) < 4.78 is 26.8. The van der Waals surface area contributed by atoms with Crippen LogP contribution in [0, 0.1) is 0 Å². The van der Waals surface area contributed by atoms with Crippen molar-refractivity contribution in [3.8, 4) is 0 Å². The highest BCUT2D eigenvalue weighted by atomic mass is 79.9. The molecule has 0 saturated carbocycles. The lowest BCUT2D eigenvalue weighted by molar-refractivity contribution is 0.581. The smallest absolute Gasteiger partial charge is 0.259 e. The summed E-state index contributed by atoms with van der Waals surface area (Å²) in [6.45, 7) is 0.360. The molecule has 1 N–H and O–H groups in total. The van der Waals surface area contributed by atoms with Crippen molar-refractivity contribution >= 4 is 26.0 Å². The first-order chi connectivity index (χ1) is 6.06. The van der Waals surface area contributed by atoms with E-state index in [0.717, 1.165) is 0 Å². The van der Waals surface area contributed by atoms with E-state index in [4.69, 9.17) is 0 Å². The third-order valence-corrected chi connectivity index (χ3v) is 3.09. The van der Waals surface area contributed by atoms with Crippen molar-refractivity contribution in [2.45, 2.75) is 5.03 Å². The van der Waals surface area contributed by atoms with Crippen LogP contribution in [0.25, 0.3) is 0 Å². The zero-order chi connectivity index (χ0) is 9.90. The number of aromatic nitrogens is 2. The first-order valence-electron chi connectivity index (χ1n) is 3.60. The second-order valence-corrected chi connectivity index (χ2v) is 4.97. The average Bonchev–Trinajstić information content (AvgIpc) is 2.49. The lowest BCUT2D eigenvalue weighted by atomic mass is 10.8. The second-order valence-electron chi connectivity index (χ2n) is 2.46. The molecular formula is C6H10BrN3O2S. The lowest BCUT2D eigenvalue weighted by Gasteiger charge is -2.00. The standard InChI is InChI=1S/C6H10BrN3O2S/c1-10-4-6(8-5-10)13(11,12)9-3-2-7/h4-5,9H,2-3H2,1H3. The molecule has 5 nitrogen and oxygen atoms in total. The second kappa shape index (κ2) is 4.21. The molecule has 1 heterocycles. The van der Waals surface area contributed by atoms with E-state index in [1.807, 2.05) is 0 Å². The molecule has 1 aromatic heterocycles. The third-order valence-electron chi connectivity index (χ3n) is 1.34. The van der Waals surface area contributed by atoms with Gasteiger partial charge in [0.1, 0.15) is 0 Å². The normalized spacial score (nSPS) is 11.8. The number of hydrogen-bond donors (Lipinski definition) is 1. The number of aryl methyl sites for hydroxylation is 1. The van der Waals surface area contributed by atoms with Crippen molar-refractivity contribution in [3.05, 3.63) is 12.5 Å². The number of imidazole rings is 1. The molecule has 0 aliphatic carbocycles. The molecule has 0 spiro atoms. The Morgan fingerprint density at radius 3 is 2.85 bits per heavy atom. The van der Waals surface area contributed by atoms with Gasteiger partial charge in [-0.2, -0.15) is 0 Å². The number of alkyl halides is 1. The molecule has 0 fully saturated rings. The van der Waals surface area contributed by atoms with Crippen LogP contribution >= 0.6 is 15.9 Å². The fourth-order valence-electron chi connectivity index (χ4n) is 0.774. The van der Waals surface area contributed by atoms with Crippen molar-refractivity contribution in [1.82, 2.24) is 14.3 Å². The molecule has 1 aromatic rings. The Labute approximate surface area is 85.3 Å². The molecule has 0 aliphatic rings. The van der Waals surface area contributed by atoms with E-state index in [-0.39, 0.29) is 5.03 Å². The molecule has 13 heavy (non-hydrogen) atoms. The van der Waals surface area contributed by atoms with Crippen LogP contribution in [0.5, 0.6) is 0 Å². The molecule has 0 aliphatic heterocycles. The fourth-order valence-corrected chi connectivity index (χ4v) is 2.24. The molecule has 0 radical (unpaired) electrons. The minimum atomic E-state index is -3.41. The van der Waals surface area contributed by atoms with E-state index in [0.29, 0.717) is 11.9 Å². The Hall–Kier alpha value is -0.400. The van der Waals surface area contributed by atoms with Gasteiger partial charge in [-0.05, 0) is 0 Å². The van der Waals surface area contributed by atoms with Crippen LogP contribution < -0.4 is 4.72 Å². The van der Waals surface area contributed by atoms with E-state index in [1.54, 1.807) is 11.6 Å². The Bertz CT molecular complexity index is 373. The first kappa shape index (κ1) is 10.7. The van der Waals surface area contributed by atoms with Crippen LogP contribution in [0.3, 0.4) is 0 Å². The Balaban J connectivity index is 2.82. The lowest BCUT2D eigenvalue weighted by Crippen LogP contribution is -2.25. The van der Waals surface area contributed by atoms with Gasteiger partial charge in [0, 0.05) is 25.1 Å². The largest absolute Gasteiger partial charge is 0.339 e. The summed E-state index contributed by atoms with van der Waals surface area (Å²) >= 11 is 3.13. The highest BCUT2D eigenvalue weighted by Crippen LogP contribution is 2.02. The zero-order valence-electron chi connectivity index (χ0n) is 7.07. The van der Waals surface area contributed by atoms with Gasteiger partial charge in [0.25, 0.3) is 10.0 Å². The zero-order valence-corrected chi connectivity index (χ0v) is 9.47. The number of sulfonamides is 1. The molecule has 0 amide bonds. The minimum absolute atomic E-state index is 0.0518. The predicted octanol–water partition coefficient (Wildman–Crippen LogP) is 0.0933. The number of rotatable bonds is 4. The van der Waals surface area contributed by atoms with Crippen LogP contribution in [0.2, 0.25) is 0 Å². The summed E-state index contributed by atoms with van der Waals surface area (Å²) in [4.78, 5) is 3.74. The van der Waals surface area contributed by atoms with Gasteiger partial charge in [-0.3, -0.25) is 0 Å². The van der Waals surface area contributed by atoms with Crippen molar-refractivity contribution in [1.29, 1.82) is 0 Å². The highest BCUT2D eigenvalue weighted by molar-refractivity contribution is 9.09. The average molecular weight is 268 g/mol. The quantitative estimate of drug-likeness (QED) is 0.787. The molecule has 1 rings (SSSR count). The Morgan fingerprint density at radius 1 is 1.69 bits per heavy atom. The van der Waals surface area contributed by atoms with Gasteiger partial charge in [0.05, 0.1) is 6.33 Å². The van der Waals surface area contributed by atoms with E-state index < -0.39 is 10.0 Å². The van der Waals surface area contributed by atoms with Crippen LogP contribution in [0.4, 0.5) is 0 Å². The topological polar surface area (TPSA) is 64.0 Å². The number of nitrogens with zero attached hydrogens (tertiary/aromatic N) is 2. The third kappa shape index (κ3) is 2.78. The van der Waals surface area contributed by atoms with E-state index in [2.05, 4.69) is 25.6 Å². The maximum atomic E-state index is 11.4. The van der Waals surface area contributed by atoms with E-state index in [1.165, 1.54) is 12.5 Å². The fraction of sp³-hybridized carbons (Fsp3) is 0.500. The summed E-state index contributed by atoms with van der Waals surface area (Å²) in [6.07, 6.45) is 2.90. The molecule has 0 bridgehead atoms. The highest BCUT2D eigenvalue weighted by Gasteiger charge is 2.15. The summed E-state index contributed by atoms with van der Waals surface area (Å²) in [5.74, 6) is 0. The van der Waals surface area contributed by atoms with Crippen molar-refractivity contribution in [2.75, 3.05) is 11.9 Å². The van der Waals surface area contributed by atoms with Crippen molar-refractivity contribution in [2.24, 2.45) is 7.05 Å². The molecule has 0 unspecified atom stereocenters. The van der Waals surface area contributed by atoms with Gasteiger partial charge >= 0.3 is 0 Å². The monoisotopic (exact) mass is 267 g/mol. The minimum Gasteiger partial charge on any atom is -0.339 e. The molecule has 0 atom stereocenters. The number of nitrogens with one attached hydrogen (secondary N) is 1. The maximum Gasteiger partial charge on any atom is 0.259 e. The molecule has 0 aromatic carbocycles. The van der Waals surface area contributed by atoms with Gasteiger partial charge in [-0.25, -0.2) is 18.1 Å². The Morgan fingerprint density at radius 2 is 2.38 bits per heavy atom. The SMILES string of the molecule is Cn1cnc(S(=O)(=O)NCCBr)c1. The van der Waals surface area contributed by atoms with Gasteiger partial charge in [-0.15, -0.1) is 0 Å². The van der Waals surface area contributed by atoms with Crippen LogP contribution in [0.15, 0.2) is 17.6 Å². The summed E-state index contributed by atoms with van der Waals surface area (Å²) in [6, 6.07) is 0. The Kier molecular flexibility index (Phi) is 3.46. The van der Waals surface area contributed by atoms with Crippen LogP contribution in [-0.2, 0) is 17.1 Å². The summed E-state index contributed by atoms with van der Waals surface area (Å²) in [7, 11) is -1.69. The van der Waals surface area contributed by atoms with Gasteiger partial charge in [0.15, 0.2) is 5.03 Å². The predicted molar refractivity (Wildman–Crippen MR) is 52.2 cm³/mol. The first-order valence-corrected chi connectivity index (χ1v) is 6.20. The van der Waals surface area contributed by atoms with Crippen LogP contribution in [0.1, 0.15) is 0 Å². The van der Waals surface area contributed by atoms with E-state index in [9.17, 15) is 8.42 Å². The van der Waals surface area contributed by atoms with Crippen molar-refractivity contribution < 1.29 is 8.42 Å². The summed E-state index contributed by atoms with van der Waals surface area (Å²) in [5, 5.41) is 0.634. The number of halogens is 1. The van der Waals surface area contributed by atoms with Crippen molar-refractivity contribution in [3.63, 3.8) is 0 Å². The van der Waals surface area contributed by atoms with Gasteiger partial charge in [-0.1, -0.05) is 15.9 Å². The van der Waals surface area contributed by atoms with E-state index >= 15 is 0 Å². The van der Waals surface area contributed by atoms with Crippen LogP contribution in [-0.4, -0.2) is 29.8 Å². The molecule has 7 heteroatoms. The molecule has 0 saturated heterocycles. The van der Waals surface area contributed by atoms with Gasteiger partial charge < -0.3 is 4.57 Å².